The number of imidazole rings is 1. The van der Waals surface area contributed by atoms with Crippen LogP contribution in [0.4, 0.5) is 0 Å². The van der Waals surface area contributed by atoms with Crippen LogP contribution in [0.1, 0.15) is 0 Å². The first-order valence-electron chi connectivity index (χ1n) is 9.48. The molecule has 0 unspecified atom stereocenters. The summed E-state index contributed by atoms with van der Waals surface area (Å²) in [5, 5.41) is 0. The molecule has 1 aromatic heterocycles. The lowest BCUT2D eigenvalue weighted by Gasteiger charge is -2.25. The van der Waals surface area contributed by atoms with E-state index in [1.807, 2.05) is 0 Å². The summed E-state index contributed by atoms with van der Waals surface area (Å²) in [5.41, 5.74) is 2.66. The number of ether oxygens (including phenoxy) is 2. The van der Waals surface area contributed by atoms with Gasteiger partial charge in [0, 0.05) is 39.3 Å². The van der Waals surface area contributed by atoms with Crippen LogP contribution >= 0.6 is 0 Å². The van der Waals surface area contributed by atoms with E-state index in [0.29, 0.717) is 0 Å². The summed E-state index contributed by atoms with van der Waals surface area (Å²) in [6, 6.07) is 8.75. The fraction of sp³-hybridized carbons (Fsp3) is 0.632. The Morgan fingerprint density at radius 1 is 0.800 bits per heavy atom. The molecule has 1 aromatic carbocycles. The van der Waals surface area contributed by atoms with Crippen LogP contribution in [-0.2, 0) is 22.6 Å². The third-order valence-corrected chi connectivity index (χ3v) is 5.30. The lowest BCUT2D eigenvalue weighted by Crippen LogP contribution is -2.44. The van der Waals surface area contributed by atoms with Crippen molar-refractivity contribution < 1.29 is 14.0 Å². The SMILES string of the molecule is c1ccc2c(c1)n(CCN1CCOCC1)c[n+]2CCN1CCOCC1. The monoisotopic (exact) mass is 345 g/mol. The van der Waals surface area contributed by atoms with Crippen LogP contribution in [-0.4, -0.2) is 80.1 Å². The average molecular weight is 345 g/mol. The lowest BCUT2D eigenvalue weighted by atomic mass is 10.3. The molecule has 2 aliphatic heterocycles. The van der Waals surface area contributed by atoms with Gasteiger partial charge in [-0.3, -0.25) is 9.80 Å². The molecular weight excluding hydrogens is 316 g/mol. The van der Waals surface area contributed by atoms with Gasteiger partial charge in [-0.05, 0) is 12.1 Å². The maximum Gasteiger partial charge on any atom is 0.244 e. The van der Waals surface area contributed by atoms with Crippen LogP contribution in [0.2, 0.25) is 0 Å². The number of nitrogens with zero attached hydrogens (tertiary/aromatic N) is 4. The molecule has 0 bridgehead atoms. The van der Waals surface area contributed by atoms with Crippen LogP contribution in [0.3, 0.4) is 0 Å². The third kappa shape index (κ3) is 4.20. The van der Waals surface area contributed by atoms with Crippen molar-refractivity contribution in [1.82, 2.24) is 14.4 Å². The standard InChI is InChI=1S/C19H29N4O2/c1-2-4-19-18(3-1)22(7-5-20-9-13-24-14-10-20)17-23(19)8-6-21-11-15-25-16-12-21/h1-4,17H,5-16H2/q+1. The Labute approximate surface area is 149 Å². The Balaban J connectivity index is 1.43. The minimum Gasteiger partial charge on any atom is -0.379 e. The zero-order valence-electron chi connectivity index (χ0n) is 15.0. The number of morpholine rings is 2. The normalized spacial score (nSPS) is 20.3. The lowest BCUT2D eigenvalue weighted by molar-refractivity contribution is -0.671. The number of hydrogen-bond donors (Lipinski definition) is 0. The second-order valence-electron chi connectivity index (χ2n) is 6.90. The van der Waals surface area contributed by atoms with E-state index >= 15 is 0 Å². The summed E-state index contributed by atoms with van der Waals surface area (Å²) >= 11 is 0. The molecule has 2 aromatic rings. The van der Waals surface area contributed by atoms with Gasteiger partial charge in [-0.15, -0.1) is 0 Å². The quantitative estimate of drug-likeness (QED) is 0.718. The highest BCUT2D eigenvalue weighted by atomic mass is 16.5. The van der Waals surface area contributed by atoms with Gasteiger partial charge in [0.05, 0.1) is 26.4 Å². The molecule has 6 heteroatoms. The van der Waals surface area contributed by atoms with Crippen LogP contribution < -0.4 is 4.57 Å². The molecule has 6 nitrogen and oxygen atoms in total. The Morgan fingerprint density at radius 3 is 2.16 bits per heavy atom. The number of para-hydroxylation sites is 2. The van der Waals surface area contributed by atoms with Crippen molar-refractivity contribution in [3.63, 3.8) is 0 Å². The molecule has 0 N–H and O–H groups in total. The van der Waals surface area contributed by atoms with E-state index in [-0.39, 0.29) is 0 Å². The molecule has 3 heterocycles. The number of benzene rings is 1. The van der Waals surface area contributed by atoms with Gasteiger partial charge in [-0.1, -0.05) is 12.1 Å². The molecule has 0 spiro atoms. The number of aromatic nitrogens is 2. The van der Waals surface area contributed by atoms with E-state index in [1.54, 1.807) is 0 Å². The van der Waals surface area contributed by atoms with Gasteiger partial charge in [-0.25, -0.2) is 9.13 Å². The van der Waals surface area contributed by atoms with E-state index in [9.17, 15) is 0 Å². The van der Waals surface area contributed by atoms with Crippen molar-refractivity contribution in [3.05, 3.63) is 30.6 Å². The summed E-state index contributed by atoms with van der Waals surface area (Å²) in [6.45, 7) is 11.9. The Morgan fingerprint density at radius 2 is 1.44 bits per heavy atom. The van der Waals surface area contributed by atoms with E-state index in [2.05, 4.69) is 49.5 Å². The molecule has 0 amide bonds. The van der Waals surface area contributed by atoms with Gasteiger partial charge in [0.15, 0.2) is 11.0 Å². The molecule has 25 heavy (non-hydrogen) atoms. The molecule has 2 aliphatic rings. The molecule has 0 saturated carbocycles. The third-order valence-electron chi connectivity index (χ3n) is 5.30. The first-order valence-corrected chi connectivity index (χ1v) is 9.48. The summed E-state index contributed by atoms with van der Waals surface area (Å²) in [5.74, 6) is 0. The van der Waals surface area contributed by atoms with Crippen LogP contribution in [0, 0.1) is 0 Å². The Hall–Kier alpha value is -1.47. The van der Waals surface area contributed by atoms with Crippen molar-refractivity contribution in [2.24, 2.45) is 0 Å². The van der Waals surface area contributed by atoms with Gasteiger partial charge in [0.2, 0.25) is 6.33 Å². The fourth-order valence-corrected chi connectivity index (χ4v) is 3.75. The molecule has 0 atom stereocenters. The first-order chi connectivity index (χ1) is 12.4. The number of fused-ring (bicyclic) bond motifs is 1. The Kier molecular flexibility index (Phi) is 5.62. The van der Waals surface area contributed by atoms with E-state index in [1.165, 1.54) is 11.0 Å². The van der Waals surface area contributed by atoms with Crippen LogP contribution in [0.25, 0.3) is 11.0 Å². The van der Waals surface area contributed by atoms with Gasteiger partial charge in [0.1, 0.15) is 13.1 Å². The van der Waals surface area contributed by atoms with Gasteiger partial charge >= 0.3 is 0 Å². The molecule has 0 radical (unpaired) electrons. The minimum atomic E-state index is 0.867. The van der Waals surface area contributed by atoms with Crippen molar-refractivity contribution in [2.45, 2.75) is 13.1 Å². The highest BCUT2D eigenvalue weighted by Gasteiger charge is 2.18. The van der Waals surface area contributed by atoms with Crippen molar-refractivity contribution in [1.29, 1.82) is 0 Å². The smallest absolute Gasteiger partial charge is 0.244 e. The van der Waals surface area contributed by atoms with Gasteiger partial charge in [-0.2, -0.15) is 0 Å². The predicted octanol–water partition coefficient (Wildman–Crippen LogP) is 0.593. The highest BCUT2D eigenvalue weighted by Crippen LogP contribution is 2.11. The van der Waals surface area contributed by atoms with Crippen LogP contribution in [0.15, 0.2) is 30.6 Å². The largest absolute Gasteiger partial charge is 0.379 e. The van der Waals surface area contributed by atoms with Crippen molar-refractivity contribution >= 4 is 11.0 Å². The summed E-state index contributed by atoms with van der Waals surface area (Å²) < 4.78 is 15.7. The van der Waals surface area contributed by atoms with E-state index in [4.69, 9.17) is 9.47 Å². The molecule has 2 saturated heterocycles. The second-order valence-corrected chi connectivity index (χ2v) is 6.90. The minimum absolute atomic E-state index is 0.867. The maximum atomic E-state index is 5.45. The van der Waals surface area contributed by atoms with Crippen molar-refractivity contribution in [3.8, 4) is 0 Å². The zero-order valence-corrected chi connectivity index (χ0v) is 15.0. The topological polar surface area (TPSA) is 33.8 Å². The van der Waals surface area contributed by atoms with E-state index in [0.717, 1.165) is 78.8 Å². The molecule has 2 fully saturated rings. The van der Waals surface area contributed by atoms with Gasteiger partial charge in [0.25, 0.3) is 0 Å². The second kappa shape index (κ2) is 8.27. The molecule has 4 rings (SSSR count). The highest BCUT2D eigenvalue weighted by molar-refractivity contribution is 5.71. The van der Waals surface area contributed by atoms with Crippen molar-refractivity contribution in [2.75, 3.05) is 65.7 Å². The Bertz CT molecular complexity index is 619. The molecular formula is C19H29N4O2+. The number of rotatable bonds is 6. The van der Waals surface area contributed by atoms with Crippen LogP contribution in [0.5, 0.6) is 0 Å². The van der Waals surface area contributed by atoms with Gasteiger partial charge < -0.3 is 9.47 Å². The molecule has 0 aliphatic carbocycles. The predicted molar refractivity (Wildman–Crippen MR) is 96.7 cm³/mol. The molecule has 136 valence electrons. The fourth-order valence-electron chi connectivity index (χ4n) is 3.75. The summed E-state index contributed by atoms with van der Waals surface area (Å²) in [4.78, 5) is 4.99. The first kappa shape index (κ1) is 17.0. The summed E-state index contributed by atoms with van der Waals surface area (Å²) in [6.07, 6.45) is 2.30. The summed E-state index contributed by atoms with van der Waals surface area (Å²) in [7, 11) is 0. The average Bonchev–Trinajstić information content (AvgIpc) is 3.04. The number of hydrogen-bond acceptors (Lipinski definition) is 4. The zero-order chi connectivity index (χ0) is 16.9. The maximum absolute atomic E-state index is 5.45. The van der Waals surface area contributed by atoms with E-state index < -0.39 is 0 Å².